The summed E-state index contributed by atoms with van der Waals surface area (Å²) in [5.41, 5.74) is 0.885. The molecular formula is C25H26ClNO6. The number of nitrogens with zero attached hydrogens (tertiary/aromatic N) is 1. The van der Waals surface area contributed by atoms with Gasteiger partial charge in [-0.1, -0.05) is 23.7 Å². The van der Waals surface area contributed by atoms with Gasteiger partial charge in [0.15, 0.2) is 0 Å². The fourth-order valence-corrected chi connectivity index (χ4v) is 4.50. The summed E-state index contributed by atoms with van der Waals surface area (Å²) in [5, 5.41) is 11.5. The van der Waals surface area contributed by atoms with Crippen molar-refractivity contribution in [2.24, 2.45) is 0 Å². The van der Waals surface area contributed by atoms with Gasteiger partial charge in [-0.15, -0.1) is 0 Å². The van der Waals surface area contributed by atoms with Gasteiger partial charge in [0.25, 0.3) is 11.7 Å². The fraction of sp³-hybridized carbons (Fsp3) is 0.360. The Hall–Kier alpha value is -3.03. The van der Waals surface area contributed by atoms with E-state index in [0.717, 1.165) is 12.8 Å². The van der Waals surface area contributed by atoms with Gasteiger partial charge in [-0.25, -0.2) is 0 Å². The number of benzene rings is 2. The third-order valence-electron chi connectivity index (χ3n) is 5.90. The lowest BCUT2D eigenvalue weighted by molar-refractivity contribution is -0.140. The standard InChI is InChI=1S/C25H26ClNO6/c1-3-32-16-8-6-15(7-9-16)22-21(23(28)19-13-17(31-2)10-11-20(19)26)24(29)25(30)27(22)14-18-5-4-12-33-18/h6-11,13,18,22,28H,3-5,12,14H2,1-2H3/b23-21+. The molecule has 0 aliphatic carbocycles. The molecule has 4 rings (SSSR count). The van der Waals surface area contributed by atoms with E-state index in [1.807, 2.05) is 6.92 Å². The van der Waals surface area contributed by atoms with Gasteiger partial charge in [0, 0.05) is 18.7 Å². The average Bonchev–Trinajstić information content (AvgIpc) is 3.42. The SMILES string of the molecule is CCOc1ccc(C2/C(=C(\O)c3cc(OC)ccc3Cl)C(=O)C(=O)N2CC2CCCO2)cc1. The number of hydrogen-bond acceptors (Lipinski definition) is 6. The van der Waals surface area contributed by atoms with Crippen LogP contribution in [0.15, 0.2) is 48.0 Å². The Labute approximate surface area is 197 Å². The van der Waals surface area contributed by atoms with Crippen LogP contribution < -0.4 is 9.47 Å². The molecule has 2 aliphatic heterocycles. The van der Waals surface area contributed by atoms with Crippen LogP contribution in [0.2, 0.25) is 5.02 Å². The maximum absolute atomic E-state index is 13.2. The number of carbonyl (C=O) groups is 2. The first-order valence-corrected chi connectivity index (χ1v) is 11.3. The molecule has 2 fully saturated rings. The minimum Gasteiger partial charge on any atom is -0.507 e. The van der Waals surface area contributed by atoms with Crippen LogP contribution in [0.25, 0.3) is 5.76 Å². The van der Waals surface area contributed by atoms with Crippen molar-refractivity contribution < 1.29 is 28.9 Å². The summed E-state index contributed by atoms with van der Waals surface area (Å²) in [7, 11) is 1.49. The Morgan fingerprint density at radius 1 is 1.18 bits per heavy atom. The van der Waals surface area contributed by atoms with Crippen LogP contribution in [0.1, 0.15) is 36.9 Å². The first kappa shape index (κ1) is 23.1. The van der Waals surface area contributed by atoms with Gasteiger partial charge in [-0.3, -0.25) is 9.59 Å². The van der Waals surface area contributed by atoms with Gasteiger partial charge >= 0.3 is 0 Å². The van der Waals surface area contributed by atoms with Crippen LogP contribution in [-0.4, -0.2) is 54.7 Å². The zero-order valence-corrected chi connectivity index (χ0v) is 19.3. The molecule has 1 N–H and O–H groups in total. The molecule has 0 radical (unpaired) electrons. The van der Waals surface area contributed by atoms with E-state index in [2.05, 4.69) is 0 Å². The number of ketones is 1. The largest absolute Gasteiger partial charge is 0.507 e. The van der Waals surface area contributed by atoms with Crippen LogP contribution in [0.5, 0.6) is 11.5 Å². The summed E-state index contributed by atoms with van der Waals surface area (Å²) in [6.45, 7) is 3.29. The van der Waals surface area contributed by atoms with Crippen molar-refractivity contribution in [1.29, 1.82) is 0 Å². The lowest BCUT2D eigenvalue weighted by Gasteiger charge is -2.27. The number of likely N-dealkylation sites (tertiary alicyclic amines) is 1. The van der Waals surface area contributed by atoms with Crippen LogP contribution >= 0.6 is 11.6 Å². The Bertz CT molecular complexity index is 1070. The Morgan fingerprint density at radius 2 is 1.91 bits per heavy atom. The maximum atomic E-state index is 13.2. The molecule has 2 aromatic rings. The number of hydrogen-bond donors (Lipinski definition) is 1. The van der Waals surface area contributed by atoms with E-state index in [1.165, 1.54) is 12.0 Å². The molecule has 0 saturated carbocycles. The van der Waals surface area contributed by atoms with E-state index in [-0.39, 0.29) is 34.6 Å². The number of halogens is 1. The van der Waals surface area contributed by atoms with Crippen LogP contribution in [0, 0.1) is 0 Å². The molecule has 0 bridgehead atoms. The number of carbonyl (C=O) groups excluding carboxylic acids is 2. The average molecular weight is 472 g/mol. The van der Waals surface area contributed by atoms with Crippen molar-refractivity contribution in [2.75, 3.05) is 26.9 Å². The number of ether oxygens (including phenoxy) is 3. The number of aliphatic hydroxyl groups excluding tert-OH is 1. The molecule has 2 aliphatic rings. The first-order chi connectivity index (χ1) is 15.9. The van der Waals surface area contributed by atoms with E-state index in [0.29, 0.717) is 30.3 Å². The Kier molecular flexibility index (Phi) is 6.91. The molecule has 2 heterocycles. The van der Waals surface area contributed by atoms with Gasteiger partial charge in [0.1, 0.15) is 17.3 Å². The monoisotopic (exact) mass is 471 g/mol. The van der Waals surface area contributed by atoms with Crippen LogP contribution in [0.4, 0.5) is 0 Å². The van der Waals surface area contributed by atoms with Gasteiger partial charge < -0.3 is 24.2 Å². The summed E-state index contributed by atoms with van der Waals surface area (Å²) >= 11 is 6.34. The third kappa shape index (κ3) is 4.56. The summed E-state index contributed by atoms with van der Waals surface area (Å²) in [5.74, 6) is -0.639. The highest BCUT2D eigenvalue weighted by molar-refractivity contribution is 6.47. The third-order valence-corrected chi connectivity index (χ3v) is 6.23. The second kappa shape index (κ2) is 9.85. The minimum atomic E-state index is -0.785. The van der Waals surface area contributed by atoms with Gasteiger partial charge in [0.2, 0.25) is 0 Å². The molecule has 33 heavy (non-hydrogen) atoms. The smallest absolute Gasteiger partial charge is 0.295 e. The quantitative estimate of drug-likeness (QED) is 0.367. The van der Waals surface area contributed by atoms with Crippen molar-refractivity contribution in [1.82, 2.24) is 4.90 Å². The number of amides is 1. The van der Waals surface area contributed by atoms with E-state index in [9.17, 15) is 14.7 Å². The molecule has 0 spiro atoms. The zero-order chi connectivity index (χ0) is 23.5. The summed E-state index contributed by atoms with van der Waals surface area (Å²) < 4.78 is 16.5. The molecule has 174 valence electrons. The number of rotatable bonds is 7. The van der Waals surface area contributed by atoms with Crippen molar-refractivity contribution in [3.8, 4) is 11.5 Å². The van der Waals surface area contributed by atoms with Crippen molar-refractivity contribution in [3.05, 3.63) is 64.2 Å². The predicted octanol–water partition coefficient (Wildman–Crippen LogP) is 4.35. The summed E-state index contributed by atoms with van der Waals surface area (Å²) in [4.78, 5) is 27.7. The molecule has 2 atom stereocenters. The number of aliphatic hydroxyl groups is 1. The molecular weight excluding hydrogens is 446 g/mol. The summed E-state index contributed by atoms with van der Waals surface area (Å²) in [6, 6.07) is 11.1. The second-order valence-corrected chi connectivity index (χ2v) is 8.34. The predicted molar refractivity (Wildman–Crippen MR) is 124 cm³/mol. The molecule has 2 unspecified atom stereocenters. The molecule has 7 nitrogen and oxygen atoms in total. The summed E-state index contributed by atoms with van der Waals surface area (Å²) in [6.07, 6.45) is 1.55. The highest BCUT2D eigenvalue weighted by atomic mass is 35.5. The van der Waals surface area contributed by atoms with E-state index in [1.54, 1.807) is 42.5 Å². The van der Waals surface area contributed by atoms with E-state index < -0.39 is 17.7 Å². The van der Waals surface area contributed by atoms with E-state index in [4.69, 9.17) is 25.8 Å². The zero-order valence-electron chi connectivity index (χ0n) is 18.5. The van der Waals surface area contributed by atoms with Gasteiger partial charge in [-0.2, -0.15) is 0 Å². The number of methoxy groups -OCH3 is 1. The molecule has 2 aromatic carbocycles. The topological polar surface area (TPSA) is 85.3 Å². The molecule has 2 saturated heterocycles. The molecule has 1 amide bonds. The maximum Gasteiger partial charge on any atom is 0.295 e. The Morgan fingerprint density at radius 3 is 2.55 bits per heavy atom. The normalized spacial score (nSPS) is 22.1. The molecule has 8 heteroatoms. The highest BCUT2D eigenvalue weighted by Gasteiger charge is 2.47. The van der Waals surface area contributed by atoms with Crippen LogP contribution in [-0.2, 0) is 14.3 Å². The lowest BCUT2D eigenvalue weighted by atomic mass is 9.95. The van der Waals surface area contributed by atoms with Crippen molar-refractivity contribution in [3.63, 3.8) is 0 Å². The first-order valence-electron chi connectivity index (χ1n) is 10.9. The van der Waals surface area contributed by atoms with E-state index >= 15 is 0 Å². The molecule has 0 aromatic heterocycles. The number of Topliss-reactive ketones (excluding diaryl/α,β-unsaturated/α-hetero) is 1. The second-order valence-electron chi connectivity index (χ2n) is 7.93. The fourth-order valence-electron chi connectivity index (χ4n) is 4.29. The lowest BCUT2D eigenvalue weighted by Crippen LogP contribution is -2.36. The van der Waals surface area contributed by atoms with Crippen molar-refractivity contribution >= 4 is 29.1 Å². The highest BCUT2D eigenvalue weighted by Crippen LogP contribution is 2.42. The van der Waals surface area contributed by atoms with Crippen molar-refractivity contribution in [2.45, 2.75) is 31.9 Å². The van der Waals surface area contributed by atoms with Crippen LogP contribution in [0.3, 0.4) is 0 Å². The Balaban J connectivity index is 1.83. The van der Waals surface area contributed by atoms with Gasteiger partial charge in [-0.05, 0) is 55.7 Å². The minimum absolute atomic E-state index is 0.0164. The van der Waals surface area contributed by atoms with Gasteiger partial charge in [0.05, 0.1) is 36.5 Å².